The Bertz CT molecular complexity index is 791. The summed E-state index contributed by atoms with van der Waals surface area (Å²) >= 11 is 0. The number of halogens is 2. The zero-order valence-corrected chi connectivity index (χ0v) is 17.2. The van der Waals surface area contributed by atoms with Gasteiger partial charge in [-0.15, -0.1) is 0 Å². The van der Waals surface area contributed by atoms with Crippen LogP contribution in [0.25, 0.3) is 0 Å². The number of piperidine rings is 1. The summed E-state index contributed by atoms with van der Waals surface area (Å²) in [5.41, 5.74) is 2.41. The maximum absolute atomic E-state index is 14.4. The molecule has 1 aliphatic heterocycles. The molecule has 1 aromatic carbocycles. The van der Waals surface area contributed by atoms with E-state index in [0.29, 0.717) is 0 Å². The quantitative estimate of drug-likeness (QED) is 0.737. The maximum Gasteiger partial charge on any atom is 0.422 e. The molecule has 1 heterocycles. The van der Waals surface area contributed by atoms with E-state index in [2.05, 4.69) is 5.43 Å². The average Bonchev–Trinajstić information content (AvgIpc) is 2.51. The predicted octanol–water partition coefficient (Wildman–Crippen LogP) is 3.10. The molecule has 1 atom stereocenters. The lowest BCUT2D eigenvalue weighted by Gasteiger charge is -2.38. The highest BCUT2D eigenvalue weighted by Gasteiger charge is 2.46. The van der Waals surface area contributed by atoms with E-state index < -0.39 is 46.8 Å². The van der Waals surface area contributed by atoms with Gasteiger partial charge in [0.15, 0.2) is 0 Å². The molecule has 158 valence electrons. The summed E-state index contributed by atoms with van der Waals surface area (Å²) in [7, 11) is -4.12. The van der Waals surface area contributed by atoms with E-state index in [9.17, 15) is 22.0 Å². The van der Waals surface area contributed by atoms with Crippen molar-refractivity contribution in [3.8, 4) is 0 Å². The number of benzene rings is 1. The smallest absolute Gasteiger partial charge is 0.422 e. The Morgan fingerprint density at radius 3 is 2.43 bits per heavy atom. The Morgan fingerprint density at radius 2 is 1.89 bits per heavy atom. The number of hydrogen-bond acceptors (Lipinski definition) is 6. The molecule has 1 unspecified atom stereocenters. The zero-order chi connectivity index (χ0) is 21.2. The monoisotopic (exact) mass is 420 g/mol. The van der Waals surface area contributed by atoms with Crippen LogP contribution < -0.4 is 5.43 Å². The second-order valence-corrected chi connectivity index (χ2v) is 9.45. The topological polar surface area (TPSA) is 84.9 Å². The third kappa shape index (κ3) is 6.39. The van der Waals surface area contributed by atoms with Crippen molar-refractivity contribution in [2.75, 3.05) is 19.7 Å². The van der Waals surface area contributed by atoms with Gasteiger partial charge in [0.25, 0.3) is 16.0 Å². The second-order valence-electron chi connectivity index (χ2n) is 7.83. The highest BCUT2D eigenvalue weighted by molar-refractivity contribution is 7.86. The van der Waals surface area contributed by atoms with Gasteiger partial charge in [0.1, 0.15) is 5.60 Å². The molecule has 1 saturated heterocycles. The molecule has 1 aliphatic rings. The molecule has 0 saturated carbocycles. The van der Waals surface area contributed by atoms with Crippen molar-refractivity contribution in [2.45, 2.75) is 50.5 Å². The van der Waals surface area contributed by atoms with Gasteiger partial charge in [0, 0.05) is 6.54 Å². The van der Waals surface area contributed by atoms with Crippen molar-refractivity contribution in [1.82, 2.24) is 10.4 Å². The molecule has 7 nitrogen and oxygen atoms in total. The molecular formula is C18H26F2N2O5S. The van der Waals surface area contributed by atoms with Crippen molar-refractivity contribution >= 4 is 16.2 Å². The van der Waals surface area contributed by atoms with E-state index in [4.69, 9.17) is 8.92 Å². The van der Waals surface area contributed by atoms with Crippen LogP contribution in [0.1, 0.15) is 32.8 Å². The van der Waals surface area contributed by atoms with E-state index >= 15 is 0 Å². The van der Waals surface area contributed by atoms with Gasteiger partial charge in [-0.25, -0.2) is 18.6 Å². The summed E-state index contributed by atoms with van der Waals surface area (Å²) in [6.07, 6.45) is -0.869. The van der Waals surface area contributed by atoms with Crippen molar-refractivity contribution in [3.05, 3.63) is 29.8 Å². The molecule has 1 fully saturated rings. The number of carbonyl (C=O) groups excluding carboxylic acids is 1. The number of hydrazine groups is 1. The van der Waals surface area contributed by atoms with E-state index in [0.717, 1.165) is 10.6 Å². The molecule has 1 N–H and O–H groups in total. The van der Waals surface area contributed by atoms with Gasteiger partial charge in [-0.2, -0.15) is 8.42 Å². The van der Waals surface area contributed by atoms with Gasteiger partial charge in [0.2, 0.25) is 0 Å². The van der Waals surface area contributed by atoms with E-state index in [1.165, 1.54) is 12.1 Å². The second kappa shape index (κ2) is 8.30. The summed E-state index contributed by atoms with van der Waals surface area (Å²) in [5.74, 6) is -4.53. The largest absolute Gasteiger partial charge is 0.443 e. The number of nitrogens with zero attached hydrogens (tertiary/aromatic N) is 1. The molecule has 28 heavy (non-hydrogen) atoms. The van der Waals surface area contributed by atoms with Crippen LogP contribution in [0.3, 0.4) is 0 Å². The third-order valence-electron chi connectivity index (χ3n) is 4.13. The number of aryl methyl sites for hydroxylation is 1. The Kier molecular flexibility index (Phi) is 6.67. The normalized spacial score (nSPS) is 20.6. The van der Waals surface area contributed by atoms with Crippen LogP contribution in [-0.4, -0.2) is 50.7 Å². The number of hydrogen-bond donors (Lipinski definition) is 1. The summed E-state index contributed by atoms with van der Waals surface area (Å²) in [4.78, 5) is 11.7. The fourth-order valence-electron chi connectivity index (χ4n) is 2.66. The van der Waals surface area contributed by atoms with Gasteiger partial charge < -0.3 is 4.74 Å². The van der Waals surface area contributed by atoms with E-state index in [1.54, 1.807) is 39.8 Å². The molecule has 0 radical (unpaired) electrons. The van der Waals surface area contributed by atoms with E-state index in [1.807, 2.05) is 0 Å². The van der Waals surface area contributed by atoms with Crippen LogP contribution in [0.5, 0.6) is 0 Å². The van der Waals surface area contributed by atoms with Crippen LogP contribution in [-0.2, 0) is 19.0 Å². The first-order chi connectivity index (χ1) is 12.8. The molecule has 0 spiro atoms. The lowest BCUT2D eigenvalue weighted by Crippen LogP contribution is -2.56. The number of carbonyl (C=O) groups is 1. The number of amides is 1. The first-order valence-corrected chi connectivity index (χ1v) is 10.3. The molecule has 1 amide bonds. The van der Waals surface area contributed by atoms with Crippen LogP contribution >= 0.6 is 0 Å². The Labute approximate surface area is 164 Å². The standard InChI is InChI=1S/C18H26F2N2O5S/c1-13-5-7-15(8-6-13)28(24,25)26-11-14-9-10-22(12-18(14,19)20)21-16(23)27-17(2,3)4/h5-8,14H,9-12H2,1-4H3,(H,21,23). The predicted molar refractivity (Wildman–Crippen MR) is 98.3 cm³/mol. The third-order valence-corrected chi connectivity index (χ3v) is 5.42. The minimum atomic E-state index is -4.12. The Morgan fingerprint density at radius 1 is 1.29 bits per heavy atom. The van der Waals surface area contributed by atoms with Crippen molar-refractivity contribution < 1.29 is 30.9 Å². The van der Waals surface area contributed by atoms with Gasteiger partial charge in [-0.05, 0) is 46.2 Å². The molecule has 10 heteroatoms. The fraction of sp³-hybridized carbons (Fsp3) is 0.611. The SMILES string of the molecule is Cc1ccc(S(=O)(=O)OCC2CCN(NC(=O)OC(C)(C)C)CC2(F)F)cc1. The average molecular weight is 420 g/mol. The first kappa shape index (κ1) is 22.5. The van der Waals surface area contributed by atoms with Gasteiger partial charge in [-0.1, -0.05) is 17.7 Å². The van der Waals surface area contributed by atoms with Gasteiger partial charge >= 0.3 is 6.09 Å². The van der Waals surface area contributed by atoms with Crippen LogP contribution in [0.15, 0.2) is 29.2 Å². The van der Waals surface area contributed by atoms with Gasteiger partial charge in [0.05, 0.1) is 24.0 Å². The number of rotatable bonds is 5. The van der Waals surface area contributed by atoms with Crippen molar-refractivity contribution in [2.24, 2.45) is 5.92 Å². The van der Waals surface area contributed by atoms with Crippen molar-refractivity contribution in [3.63, 3.8) is 0 Å². The maximum atomic E-state index is 14.4. The minimum Gasteiger partial charge on any atom is -0.443 e. The minimum absolute atomic E-state index is 0.0494. The summed E-state index contributed by atoms with van der Waals surface area (Å²) in [6, 6.07) is 5.95. The molecule has 2 rings (SSSR count). The van der Waals surface area contributed by atoms with Crippen LogP contribution in [0.4, 0.5) is 13.6 Å². The van der Waals surface area contributed by atoms with Gasteiger partial charge in [-0.3, -0.25) is 9.61 Å². The van der Waals surface area contributed by atoms with Crippen LogP contribution in [0, 0.1) is 12.8 Å². The zero-order valence-electron chi connectivity index (χ0n) is 16.4. The summed E-state index contributed by atoms with van der Waals surface area (Å²) in [5, 5.41) is 1.07. The molecule has 0 aliphatic carbocycles. The lowest BCUT2D eigenvalue weighted by molar-refractivity contribution is -0.130. The number of alkyl halides is 2. The molecule has 1 aromatic rings. The molecule has 0 aromatic heterocycles. The molecule has 0 bridgehead atoms. The molecular weight excluding hydrogens is 394 g/mol. The number of nitrogens with one attached hydrogen (secondary N) is 1. The highest BCUT2D eigenvalue weighted by atomic mass is 32.2. The van der Waals surface area contributed by atoms with E-state index in [-0.39, 0.29) is 17.9 Å². The Balaban J connectivity index is 1.92. The first-order valence-electron chi connectivity index (χ1n) is 8.87. The number of ether oxygens (including phenoxy) is 1. The Hall–Kier alpha value is -1.78. The highest BCUT2D eigenvalue weighted by Crippen LogP contribution is 2.33. The van der Waals surface area contributed by atoms with Crippen molar-refractivity contribution in [1.29, 1.82) is 0 Å². The summed E-state index contributed by atoms with van der Waals surface area (Å²) < 4.78 is 63.2. The lowest BCUT2D eigenvalue weighted by atomic mass is 9.95. The fourth-order valence-corrected chi connectivity index (χ4v) is 3.61. The van der Waals surface area contributed by atoms with Crippen LogP contribution in [0.2, 0.25) is 0 Å². The summed E-state index contributed by atoms with van der Waals surface area (Å²) in [6.45, 7) is 5.52.